The molecule has 0 atom stereocenters. The smallest absolute Gasteiger partial charge is 0.250 e. The van der Waals surface area contributed by atoms with Crippen LogP contribution in [0.4, 0.5) is 5.95 Å². The number of anilines is 1. The fourth-order valence-corrected chi connectivity index (χ4v) is 3.69. The molecule has 0 aliphatic carbocycles. The molecule has 1 aliphatic rings. The minimum Gasteiger partial charge on any atom is -0.285 e. The van der Waals surface area contributed by atoms with Crippen molar-refractivity contribution in [1.29, 1.82) is 0 Å². The number of rotatable bonds is 6. The second kappa shape index (κ2) is 8.10. The minimum atomic E-state index is 0.0138. The molecule has 0 unspecified atom stereocenters. The minimum absolute atomic E-state index is 0.0138. The van der Waals surface area contributed by atoms with Crippen molar-refractivity contribution < 1.29 is 4.79 Å². The Bertz CT molecular complexity index is 1020. The normalized spacial score (nSPS) is 15.2. The van der Waals surface area contributed by atoms with Gasteiger partial charge in [0.2, 0.25) is 11.9 Å². The first-order chi connectivity index (χ1) is 13.8. The summed E-state index contributed by atoms with van der Waals surface area (Å²) in [6.07, 6.45) is 1.68. The molecule has 28 heavy (non-hydrogen) atoms. The molecular weight excluding hydrogens is 372 g/mol. The van der Waals surface area contributed by atoms with Crippen molar-refractivity contribution >= 4 is 28.8 Å². The molecule has 8 heteroatoms. The lowest BCUT2D eigenvalue weighted by Crippen LogP contribution is -2.30. The van der Waals surface area contributed by atoms with E-state index in [2.05, 4.69) is 27.3 Å². The van der Waals surface area contributed by atoms with Gasteiger partial charge < -0.3 is 0 Å². The fourth-order valence-electron chi connectivity index (χ4n) is 2.84. The van der Waals surface area contributed by atoms with Crippen LogP contribution in [0.5, 0.6) is 0 Å². The Morgan fingerprint density at radius 3 is 2.54 bits per heavy atom. The lowest BCUT2D eigenvalue weighted by molar-refractivity contribution is -0.123. The Morgan fingerprint density at radius 2 is 1.82 bits per heavy atom. The van der Waals surface area contributed by atoms with Crippen molar-refractivity contribution in [3.05, 3.63) is 73.3 Å². The number of hydrogen-bond acceptors (Lipinski definition) is 6. The topological polar surface area (TPSA) is 75.4 Å². The van der Waals surface area contributed by atoms with Gasteiger partial charge in [-0.1, -0.05) is 66.4 Å². The highest BCUT2D eigenvalue weighted by atomic mass is 32.2. The van der Waals surface area contributed by atoms with Crippen LogP contribution in [0.15, 0.2) is 78.4 Å². The van der Waals surface area contributed by atoms with E-state index in [1.54, 1.807) is 11.0 Å². The van der Waals surface area contributed by atoms with Crippen molar-refractivity contribution in [3.63, 3.8) is 0 Å². The lowest BCUT2D eigenvalue weighted by Gasteiger charge is -2.13. The maximum Gasteiger partial charge on any atom is 0.250 e. The van der Waals surface area contributed by atoms with Crippen LogP contribution in [-0.2, 0) is 4.79 Å². The third-order valence-corrected chi connectivity index (χ3v) is 5.09. The molecule has 0 spiro atoms. The van der Waals surface area contributed by atoms with Crippen molar-refractivity contribution in [2.45, 2.75) is 0 Å². The second-order valence-corrected chi connectivity index (χ2v) is 6.91. The monoisotopic (exact) mass is 390 g/mol. The molecule has 0 bridgehead atoms. The Hall–Kier alpha value is -3.39. The van der Waals surface area contributed by atoms with Gasteiger partial charge in [-0.3, -0.25) is 14.3 Å². The summed E-state index contributed by atoms with van der Waals surface area (Å²) in [7, 11) is 0. The molecule has 2 heterocycles. The summed E-state index contributed by atoms with van der Waals surface area (Å²) in [4.78, 5) is 13.6. The number of amides is 1. The molecule has 0 radical (unpaired) electrons. The maximum atomic E-state index is 12.0. The molecule has 1 fully saturated rings. The molecule has 2 aromatic carbocycles. The van der Waals surface area contributed by atoms with Crippen LogP contribution in [0.25, 0.3) is 17.1 Å². The first-order valence-corrected chi connectivity index (χ1v) is 9.70. The van der Waals surface area contributed by atoms with E-state index < -0.39 is 0 Å². The number of thioether (sulfide) groups is 1. The third-order valence-electron chi connectivity index (χ3n) is 4.13. The maximum absolute atomic E-state index is 12.0. The van der Waals surface area contributed by atoms with E-state index in [1.165, 1.54) is 11.8 Å². The standard InChI is InChI=1S/C20H18N6OS/c1-2-13-25-17(27)14-28-20(25)24-23-19-22-21-18(15-9-5-3-6-10-15)26(19)16-11-7-4-8-12-16/h2-12H,1,13-14H2,(H,22,23)/b24-20-. The van der Waals surface area contributed by atoms with Gasteiger partial charge in [-0.05, 0) is 12.1 Å². The number of para-hydroxylation sites is 1. The first kappa shape index (κ1) is 18.0. The first-order valence-electron chi connectivity index (χ1n) is 8.72. The zero-order valence-electron chi connectivity index (χ0n) is 15.0. The summed E-state index contributed by atoms with van der Waals surface area (Å²) < 4.78 is 1.90. The predicted octanol–water partition coefficient (Wildman–Crippen LogP) is 3.38. The van der Waals surface area contributed by atoms with E-state index in [-0.39, 0.29) is 5.91 Å². The molecule has 3 aromatic rings. The molecule has 140 valence electrons. The largest absolute Gasteiger partial charge is 0.285 e. The van der Waals surface area contributed by atoms with Gasteiger partial charge >= 0.3 is 0 Å². The summed E-state index contributed by atoms with van der Waals surface area (Å²) in [6, 6.07) is 19.7. The van der Waals surface area contributed by atoms with E-state index in [4.69, 9.17) is 0 Å². The summed E-state index contributed by atoms with van der Waals surface area (Å²) >= 11 is 1.38. The Labute approximate surface area is 166 Å². The number of aromatic nitrogens is 3. The van der Waals surface area contributed by atoms with Crippen LogP contribution in [0.2, 0.25) is 0 Å². The van der Waals surface area contributed by atoms with Gasteiger partial charge in [0.05, 0.1) is 11.4 Å². The number of carbonyl (C=O) groups excluding carboxylic acids is 1. The molecule has 1 aliphatic heterocycles. The van der Waals surface area contributed by atoms with Gasteiger partial charge in [0.15, 0.2) is 11.0 Å². The van der Waals surface area contributed by atoms with Gasteiger partial charge in [0.1, 0.15) is 0 Å². The molecule has 4 rings (SSSR count). The number of hydrogen-bond donors (Lipinski definition) is 1. The number of hydrazone groups is 1. The highest BCUT2D eigenvalue weighted by Gasteiger charge is 2.27. The summed E-state index contributed by atoms with van der Waals surface area (Å²) in [5.74, 6) is 1.55. The molecule has 7 nitrogen and oxygen atoms in total. The average molecular weight is 390 g/mol. The Morgan fingerprint density at radius 1 is 1.11 bits per heavy atom. The number of benzene rings is 2. The lowest BCUT2D eigenvalue weighted by atomic mass is 10.2. The van der Waals surface area contributed by atoms with Gasteiger partial charge in [0, 0.05) is 12.1 Å². The Balaban J connectivity index is 1.72. The van der Waals surface area contributed by atoms with Crippen LogP contribution >= 0.6 is 11.8 Å². The van der Waals surface area contributed by atoms with Crippen LogP contribution in [0.3, 0.4) is 0 Å². The van der Waals surface area contributed by atoms with Crippen molar-refractivity contribution in [2.24, 2.45) is 5.10 Å². The van der Waals surface area contributed by atoms with Crippen molar-refractivity contribution in [2.75, 3.05) is 17.7 Å². The predicted molar refractivity (Wildman–Crippen MR) is 112 cm³/mol. The quantitative estimate of drug-likeness (QED) is 0.516. The molecule has 1 aromatic heterocycles. The fraction of sp³-hybridized carbons (Fsp3) is 0.100. The number of amidine groups is 1. The van der Waals surface area contributed by atoms with Crippen LogP contribution in [0.1, 0.15) is 0 Å². The SMILES string of the molecule is C=CCN1C(=O)CS/C1=N\Nc1nnc(-c2ccccc2)n1-c1ccccc1. The molecule has 0 saturated carbocycles. The van der Waals surface area contributed by atoms with E-state index in [9.17, 15) is 4.79 Å². The van der Waals surface area contributed by atoms with Crippen molar-refractivity contribution in [1.82, 2.24) is 19.7 Å². The van der Waals surface area contributed by atoms with Crippen LogP contribution < -0.4 is 5.43 Å². The third kappa shape index (κ3) is 3.54. The summed E-state index contributed by atoms with van der Waals surface area (Å²) in [5.41, 5.74) is 4.83. The van der Waals surface area contributed by atoms with Gasteiger partial charge in [-0.25, -0.2) is 5.43 Å². The van der Waals surface area contributed by atoms with Crippen LogP contribution in [-0.4, -0.2) is 43.0 Å². The second-order valence-electron chi connectivity index (χ2n) is 5.97. The van der Waals surface area contributed by atoms with E-state index in [0.717, 1.165) is 11.3 Å². The van der Waals surface area contributed by atoms with E-state index in [1.807, 2.05) is 65.2 Å². The highest BCUT2D eigenvalue weighted by Crippen LogP contribution is 2.26. The van der Waals surface area contributed by atoms with Crippen molar-refractivity contribution in [3.8, 4) is 17.1 Å². The number of nitrogens with one attached hydrogen (secondary N) is 1. The van der Waals surface area contributed by atoms with Crippen LogP contribution in [0, 0.1) is 0 Å². The Kier molecular flexibility index (Phi) is 5.20. The molecule has 1 saturated heterocycles. The zero-order chi connectivity index (χ0) is 19.3. The number of carbonyl (C=O) groups is 1. The van der Waals surface area contributed by atoms with Gasteiger partial charge in [0.25, 0.3) is 0 Å². The highest BCUT2D eigenvalue weighted by molar-refractivity contribution is 8.15. The van der Waals surface area contributed by atoms with Gasteiger partial charge in [-0.15, -0.1) is 21.9 Å². The van der Waals surface area contributed by atoms with E-state index in [0.29, 0.717) is 29.2 Å². The summed E-state index contributed by atoms with van der Waals surface area (Å²) in [6.45, 7) is 4.12. The number of nitrogens with zero attached hydrogens (tertiary/aromatic N) is 5. The molecule has 1 N–H and O–H groups in total. The molecular formula is C20H18N6OS. The zero-order valence-corrected chi connectivity index (χ0v) is 15.8. The van der Waals surface area contributed by atoms with E-state index >= 15 is 0 Å². The molecule has 1 amide bonds. The van der Waals surface area contributed by atoms with Gasteiger partial charge in [-0.2, -0.15) is 0 Å². The average Bonchev–Trinajstić information content (AvgIpc) is 3.32. The summed E-state index contributed by atoms with van der Waals surface area (Å²) in [5, 5.41) is 13.6.